The number of hydrogen-bond acceptors (Lipinski definition) is 5. The first kappa shape index (κ1) is 25.9. The van der Waals surface area contributed by atoms with E-state index in [1.165, 1.54) is 5.56 Å². The summed E-state index contributed by atoms with van der Waals surface area (Å²) in [6.45, 7) is 3.37. The van der Waals surface area contributed by atoms with Crippen molar-refractivity contribution in [3.63, 3.8) is 0 Å². The molecule has 0 bridgehead atoms. The number of aromatic nitrogens is 1. The number of carbonyl (C=O) groups is 2. The number of anilines is 1. The van der Waals surface area contributed by atoms with Crippen molar-refractivity contribution in [1.82, 2.24) is 9.88 Å². The fourth-order valence-corrected chi connectivity index (χ4v) is 6.60. The maximum absolute atomic E-state index is 12.4. The molecule has 40 heavy (non-hydrogen) atoms. The molecule has 0 unspecified atom stereocenters. The van der Waals surface area contributed by atoms with Crippen LogP contribution in [0.3, 0.4) is 0 Å². The minimum absolute atomic E-state index is 0.0967. The molecule has 3 N–H and O–H groups in total. The van der Waals surface area contributed by atoms with E-state index in [9.17, 15) is 14.7 Å². The first-order valence-electron chi connectivity index (χ1n) is 13.9. The molecule has 1 atom stereocenters. The van der Waals surface area contributed by atoms with Crippen molar-refractivity contribution in [3.05, 3.63) is 89.6 Å². The van der Waals surface area contributed by atoms with E-state index < -0.39 is 5.97 Å². The highest BCUT2D eigenvalue weighted by Gasteiger charge is 2.47. The van der Waals surface area contributed by atoms with Crippen LogP contribution in [0.2, 0.25) is 0 Å². The van der Waals surface area contributed by atoms with Crippen LogP contribution in [-0.2, 0) is 21.4 Å². The highest BCUT2D eigenvalue weighted by molar-refractivity contribution is 6.01. The average molecular weight is 536 g/mol. The van der Waals surface area contributed by atoms with E-state index in [0.29, 0.717) is 23.6 Å². The molecule has 4 aromatic rings. The minimum atomic E-state index is -0.890. The quantitative estimate of drug-likeness (QED) is 0.318. The predicted octanol–water partition coefficient (Wildman–Crippen LogP) is 5.91. The molecule has 6 rings (SSSR count). The van der Waals surface area contributed by atoms with Gasteiger partial charge >= 0.3 is 5.97 Å². The average Bonchev–Trinajstić information content (AvgIpc) is 3.25. The molecule has 1 spiro atoms. The number of carbonyl (C=O) groups excluding carboxylic acids is 1. The number of fused-ring (bicyclic) bond motifs is 3. The van der Waals surface area contributed by atoms with Gasteiger partial charge in [-0.1, -0.05) is 55.5 Å². The molecule has 1 aromatic heterocycles. The lowest BCUT2D eigenvalue weighted by Gasteiger charge is -2.40. The van der Waals surface area contributed by atoms with E-state index in [1.54, 1.807) is 6.20 Å². The van der Waals surface area contributed by atoms with Gasteiger partial charge in [0.25, 0.3) is 0 Å². The Hall–Kier alpha value is -4.39. The van der Waals surface area contributed by atoms with E-state index in [4.69, 9.17) is 10.5 Å². The zero-order valence-corrected chi connectivity index (χ0v) is 22.6. The van der Waals surface area contributed by atoms with Crippen LogP contribution in [0.4, 0.5) is 5.82 Å². The molecule has 7 heteroatoms. The second-order valence-electron chi connectivity index (χ2n) is 10.9. The largest absolute Gasteiger partial charge is 0.485 e. The van der Waals surface area contributed by atoms with E-state index in [1.807, 2.05) is 54.3 Å². The number of carboxylic acid groups (broad SMARTS) is 1. The van der Waals surface area contributed by atoms with Crippen LogP contribution in [-0.4, -0.2) is 40.0 Å². The third kappa shape index (κ3) is 4.55. The van der Waals surface area contributed by atoms with Crippen molar-refractivity contribution in [2.75, 3.05) is 18.8 Å². The Bertz CT molecular complexity index is 1610. The Morgan fingerprint density at radius 1 is 1.05 bits per heavy atom. The number of pyridine rings is 1. The number of benzene rings is 3. The number of nitrogens with two attached hydrogens (primary N) is 1. The lowest BCUT2D eigenvalue weighted by Crippen LogP contribution is -2.44. The number of piperidine rings is 1. The highest BCUT2D eigenvalue weighted by atomic mass is 16.5. The number of carboxylic acids is 1. The van der Waals surface area contributed by atoms with Crippen molar-refractivity contribution in [3.8, 4) is 16.9 Å². The van der Waals surface area contributed by atoms with Crippen LogP contribution < -0.4 is 10.5 Å². The van der Waals surface area contributed by atoms with Gasteiger partial charge in [0.1, 0.15) is 17.7 Å². The van der Waals surface area contributed by atoms with Crippen LogP contribution in [0.5, 0.6) is 5.75 Å². The first-order chi connectivity index (χ1) is 19.4. The van der Waals surface area contributed by atoms with Crippen LogP contribution in [0.1, 0.15) is 55.4 Å². The second-order valence-corrected chi connectivity index (χ2v) is 10.9. The molecule has 3 aromatic carbocycles. The van der Waals surface area contributed by atoms with Gasteiger partial charge in [-0.05, 0) is 65.1 Å². The van der Waals surface area contributed by atoms with Crippen molar-refractivity contribution in [2.24, 2.45) is 0 Å². The summed E-state index contributed by atoms with van der Waals surface area (Å²) in [5.74, 6) is 0.415. The Kier molecular flexibility index (Phi) is 6.66. The number of nitrogens with zero attached hydrogens (tertiary/aromatic N) is 2. The SMILES string of the molecule is CCC(=O)N1CCC2(CC1)C[C@@H](Oc1ccccc1CC(=O)O)c1cc(-c3cccc4c(N)nccc34)ccc12. The maximum Gasteiger partial charge on any atom is 0.307 e. The van der Waals surface area contributed by atoms with Crippen molar-refractivity contribution in [2.45, 2.75) is 50.5 Å². The minimum Gasteiger partial charge on any atom is -0.485 e. The molecular formula is C33H33N3O4. The van der Waals surface area contributed by atoms with Crippen molar-refractivity contribution in [1.29, 1.82) is 0 Å². The van der Waals surface area contributed by atoms with Gasteiger partial charge in [0.15, 0.2) is 0 Å². The third-order valence-corrected chi connectivity index (χ3v) is 8.65. The van der Waals surface area contributed by atoms with Crippen LogP contribution in [0, 0.1) is 0 Å². The Morgan fingerprint density at radius 2 is 1.85 bits per heavy atom. The summed E-state index contributed by atoms with van der Waals surface area (Å²) < 4.78 is 6.68. The van der Waals surface area contributed by atoms with Crippen LogP contribution in [0.25, 0.3) is 21.9 Å². The van der Waals surface area contributed by atoms with E-state index in [2.05, 4.69) is 29.2 Å². The molecule has 1 aliphatic heterocycles. The Labute approximate surface area is 233 Å². The van der Waals surface area contributed by atoms with Gasteiger partial charge in [0.2, 0.25) is 5.91 Å². The van der Waals surface area contributed by atoms with Crippen LogP contribution in [0.15, 0.2) is 72.9 Å². The summed E-state index contributed by atoms with van der Waals surface area (Å²) in [5, 5.41) is 11.4. The van der Waals surface area contributed by atoms with Crippen molar-refractivity contribution >= 4 is 28.5 Å². The number of aliphatic carboxylic acids is 1. The van der Waals surface area contributed by atoms with E-state index in [-0.39, 0.29) is 23.8 Å². The number of para-hydroxylation sites is 1. The summed E-state index contributed by atoms with van der Waals surface area (Å²) >= 11 is 0. The van der Waals surface area contributed by atoms with Gasteiger partial charge < -0.3 is 20.5 Å². The lowest BCUT2D eigenvalue weighted by molar-refractivity contribution is -0.136. The number of hydrogen-bond donors (Lipinski definition) is 2. The number of likely N-dealkylation sites (tertiary alicyclic amines) is 1. The Balaban J connectivity index is 1.42. The molecule has 2 heterocycles. The predicted molar refractivity (Wildman–Crippen MR) is 155 cm³/mol. The van der Waals surface area contributed by atoms with E-state index >= 15 is 0 Å². The molecule has 1 amide bonds. The third-order valence-electron chi connectivity index (χ3n) is 8.65. The topological polar surface area (TPSA) is 106 Å². The molecule has 1 aliphatic carbocycles. The number of amides is 1. The van der Waals surface area contributed by atoms with Gasteiger partial charge in [0.05, 0.1) is 6.42 Å². The smallest absolute Gasteiger partial charge is 0.307 e. The van der Waals surface area contributed by atoms with Gasteiger partial charge in [-0.3, -0.25) is 9.59 Å². The number of ether oxygens (including phenoxy) is 1. The zero-order valence-electron chi connectivity index (χ0n) is 22.6. The number of nitrogen functional groups attached to an aromatic ring is 1. The monoisotopic (exact) mass is 535 g/mol. The summed E-state index contributed by atoms with van der Waals surface area (Å²) in [6.07, 6.45) is 4.45. The summed E-state index contributed by atoms with van der Waals surface area (Å²) in [5.41, 5.74) is 11.3. The molecule has 204 valence electrons. The van der Waals surface area contributed by atoms with E-state index in [0.717, 1.165) is 59.8 Å². The molecule has 7 nitrogen and oxygen atoms in total. The zero-order chi connectivity index (χ0) is 27.9. The van der Waals surface area contributed by atoms with Gasteiger partial charge in [-0.2, -0.15) is 0 Å². The highest BCUT2D eigenvalue weighted by Crippen LogP contribution is 2.53. The summed E-state index contributed by atoms with van der Waals surface area (Å²) in [6, 6.07) is 22.1. The number of rotatable bonds is 6. The molecule has 1 saturated heterocycles. The van der Waals surface area contributed by atoms with Gasteiger partial charge in [-0.25, -0.2) is 4.98 Å². The van der Waals surface area contributed by atoms with Gasteiger partial charge in [-0.15, -0.1) is 0 Å². The standard InChI is InChI=1S/C33H33N3O4/c1-2-30(37)36-16-13-33(14-17-36)20-29(40-28-9-4-3-6-22(28)19-31(38)39)26-18-21(10-11-27(26)33)23-7-5-8-25-24(23)12-15-35-32(25)34/h3-12,15,18,29H,2,13-14,16-17,19-20H2,1H3,(H2,34,35)(H,38,39)/t29-/m1/s1. The lowest BCUT2D eigenvalue weighted by atomic mass is 9.73. The molecular weight excluding hydrogens is 502 g/mol. The fourth-order valence-electron chi connectivity index (χ4n) is 6.60. The fraction of sp³-hybridized carbons (Fsp3) is 0.303. The molecule has 0 saturated carbocycles. The summed E-state index contributed by atoms with van der Waals surface area (Å²) in [4.78, 5) is 30.2. The molecule has 2 aliphatic rings. The van der Waals surface area contributed by atoms with Crippen LogP contribution >= 0.6 is 0 Å². The Morgan fingerprint density at radius 3 is 2.62 bits per heavy atom. The first-order valence-corrected chi connectivity index (χ1v) is 13.9. The van der Waals surface area contributed by atoms with Crippen molar-refractivity contribution < 1.29 is 19.4 Å². The molecule has 1 fully saturated rings. The maximum atomic E-state index is 12.4. The summed E-state index contributed by atoms with van der Waals surface area (Å²) in [7, 11) is 0. The normalized spacial score (nSPS) is 17.6. The van der Waals surface area contributed by atoms with Gasteiger partial charge in [0, 0.05) is 42.1 Å². The second kappa shape index (κ2) is 10.3. The molecule has 0 radical (unpaired) electrons.